The molecule has 0 N–H and O–H groups in total. The third kappa shape index (κ3) is 5.97. The first-order valence-electron chi connectivity index (χ1n) is 16.0. The molecule has 0 nitrogen and oxygen atoms in total. The summed E-state index contributed by atoms with van der Waals surface area (Å²) in [6.07, 6.45) is 0. The summed E-state index contributed by atoms with van der Waals surface area (Å²) in [5.74, 6) is 0. The van der Waals surface area contributed by atoms with E-state index in [4.69, 9.17) is 0 Å². The fourth-order valence-corrected chi connectivity index (χ4v) is 9.17. The molecule has 0 unspecified atom stereocenters. The third-order valence-electron chi connectivity index (χ3n) is 9.82. The molecule has 0 heterocycles. The van der Waals surface area contributed by atoms with E-state index in [0.717, 1.165) is 0 Å². The van der Waals surface area contributed by atoms with Crippen molar-refractivity contribution in [3.05, 3.63) is 154 Å². The lowest BCUT2D eigenvalue weighted by Gasteiger charge is -2.21. The zero-order valence-corrected chi connectivity index (χ0v) is 29.8. The van der Waals surface area contributed by atoms with Crippen LogP contribution < -0.4 is 0 Å². The average molecular weight is 635 g/mol. The van der Waals surface area contributed by atoms with Gasteiger partial charge in [-0.05, 0) is 144 Å². The molecule has 0 aliphatic carbocycles. The van der Waals surface area contributed by atoms with Gasteiger partial charge in [-0.2, -0.15) is 0 Å². The van der Waals surface area contributed by atoms with Gasteiger partial charge in [0.1, 0.15) is 0 Å². The minimum Gasteiger partial charge on any atom is -0.0614 e. The summed E-state index contributed by atoms with van der Waals surface area (Å²) in [7, 11) is 3.80. The molecule has 0 aliphatic rings. The quantitative estimate of drug-likeness (QED) is 0.160. The highest BCUT2D eigenvalue weighted by Gasteiger charge is 2.21. The molecule has 6 aromatic carbocycles. The molecule has 0 fully saturated rings. The first-order valence-corrected chi connectivity index (χ1v) is 18.2. The van der Waals surface area contributed by atoms with Crippen LogP contribution in [0.25, 0.3) is 44.5 Å². The highest BCUT2D eigenvalue weighted by atomic mass is 33.1. The molecule has 46 heavy (non-hydrogen) atoms. The lowest BCUT2D eigenvalue weighted by Crippen LogP contribution is -1.95. The summed E-state index contributed by atoms with van der Waals surface area (Å²) in [6, 6.07) is 40.4. The van der Waals surface area contributed by atoms with Gasteiger partial charge < -0.3 is 0 Å². The van der Waals surface area contributed by atoms with Crippen molar-refractivity contribution in [1.29, 1.82) is 0 Å². The first kappa shape index (κ1) is 32.0. The Bertz CT molecular complexity index is 1790. The Hall–Kier alpha value is -3.98. The summed E-state index contributed by atoms with van der Waals surface area (Å²) in [4.78, 5) is 2.61. The van der Waals surface area contributed by atoms with Gasteiger partial charge in [0.15, 0.2) is 0 Å². The molecule has 0 saturated heterocycles. The minimum absolute atomic E-state index is 1.29. The molecule has 0 aromatic heterocycles. The fourth-order valence-electron chi connectivity index (χ4n) is 6.36. The van der Waals surface area contributed by atoms with Crippen LogP contribution in [0, 0.1) is 55.4 Å². The second-order valence-corrected chi connectivity index (χ2v) is 14.7. The van der Waals surface area contributed by atoms with E-state index in [2.05, 4.69) is 165 Å². The first-order chi connectivity index (χ1) is 22.2. The van der Waals surface area contributed by atoms with Crippen molar-refractivity contribution in [2.24, 2.45) is 0 Å². The summed E-state index contributed by atoms with van der Waals surface area (Å²) in [6.45, 7) is 17.9. The summed E-state index contributed by atoms with van der Waals surface area (Å²) >= 11 is 0. The lowest BCUT2D eigenvalue weighted by atomic mass is 9.92. The van der Waals surface area contributed by atoms with Gasteiger partial charge in [0.05, 0.1) is 0 Å². The minimum atomic E-state index is 1.29. The van der Waals surface area contributed by atoms with Gasteiger partial charge in [0.2, 0.25) is 0 Å². The molecule has 230 valence electrons. The van der Waals surface area contributed by atoms with Crippen LogP contribution in [0.5, 0.6) is 0 Å². The zero-order valence-electron chi connectivity index (χ0n) is 28.2. The second-order valence-electron chi connectivity index (χ2n) is 12.5. The SMILES string of the molecule is Cc1cccc(-c2cccc(-c3cccc(C)c3C)c2SSc2c(-c3cccc(C)c3C)cccc2-c2cccc(C)c2C)c1C. The Morgan fingerprint density at radius 2 is 0.457 bits per heavy atom. The number of benzene rings is 6. The number of hydrogen-bond acceptors (Lipinski definition) is 2. The molecule has 0 saturated carbocycles. The van der Waals surface area contributed by atoms with Gasteiger partial charge in [-0.3, -0.25) is 0 Å². The summed E-state index contributed by atoms with van der Waals surface area (Å²) < 4.78 is 0. The monoisotopic (exact) mass is 634 g/mol. The van der Waals surface area contributed by atoms with E-state index >= 15 is 0 Å². The Morgan fingerprint density at radius 1 is 0.261 bits per heavy atom. The zero-order chi connectivity index (χ0) is 32.5. The average Bonchev–Trinajstić information content (AvgIpc) is 3.05. The van der Waals surface area contributed by atoms with Crippen LogP contribution in [0.15, 0.2) is 119 Å². The van der Waals surface area contributed by atoms with Crippen LogP contribution in [0.3, 0.4) is 0 Å². The van der Waals surface area contributed by atoms with Crippen LogP contribution in [0.4, 0.5) is 0 Å². The molecule has 0 radical (unpaired) electrons. The molecule has 0 spiro atoms. The predicted molar refractivity (Wildman–Crippen MR) is 204 cm³/mol. The fraction of sp³-hybridized carbons (Fsp3) is 0.182. The van der Waals surface area contributed by atoms with Crippen molar-refractivity contribution in [1.82, 2.24) is 0 Å². The summed E-state index contributed by atoms with van der Waals surface area (Å²) in [5.41, 5.74) is 20.9. The molecule has 0 amide bonds. The lowest BCUT2D eigenvalue weighted by molar-refractivity contribution is 1.30. The van der Waals surface area contributed by atoms with Gasteiger partial charge in [0.25, 0.3) is 0 Å². The maximum absolute atomic E-state index is 2.31. The van der Waals surface area contributed by atoms with Crippen molar-refractivity contribution in [3.8, 4) is 44.5 Å². The van der Waals surface area contributed by atoms with E-state index in [1.807, 2.05) is 21.6 Å². The Labute approximate surface area is 283 Å². The highest BCUT2D eigenvalue weighted by Crippen LogP contribution is 2.53. The maximum atomic E-state index is 2.31. The van der Waals surface area contributed by atoms with E-state index in [1.165, 1.54) is 98.8 Å². The normalized spacial score (nSPS) is 11.2. The Balaban J connectivity index is 1.59. The topological polar surface area (TPSA) is 0 Å². The molecule has 2 heteroatoms. The molecule has 0 atom stereocenters. The van der Waals surface area contributed by atoms with Crippen LogP contribution in [0.1, 0.15) is 44.5 Å². The smallest absolute Gasteiger partial charge is 0.0343 e. The number of aryl methyl sites for hydroxylation is 4. The third-order valence-corrected chi connectivity index (χ3v) is 12.4. The Kier molecular flexibility index (Phi) is 9.32. The van der Waals surface area contributed by atoms with E-state index in [0.29, 0.717) is 0 Å². The van der Waals surface area contributed by atoms with Crippen LogP contribution in [0.2, 0.25) is 0 Å². The molecule has 6 aromatic rings. The van der Waals surface area contributed by atoms with Gasteiger partial charge in [-0.15, -0.1) is 0 Å². The van der Waals surface area contributed by atoms with Gasteiger partial charge >= 0.3 is 0 Å². The van der Waals surface area contributed by atoms with Crippen LogP contribution in [-0.2, 0) is 0 Å². The largest absolute Gasteiger partial charge is 0.0614 e. The van der Waals surface area contributed by atoms with Gasteiger partial charge in [-0.1, -0.05) is 131 Å². The summed E-state index contributed by atoms with van der Waals surface area (Å²) in [5, 5.41) is 0. The van der Waals surface area contributed by atoms with Crippen molar-refractivity contribution in [3.63, 3.8) is 0 Å². The number of rotatable bonds is 7. The van der Waals surface area contributed by atoms with Crippen molar-refractivity contribution in [2.75, 3.05) is 0 Å². The van der Waals surface area contributed by atoms with Crippen LogP contribution >= 0.6 is 21.6 Å². The molecule has 6 rings (SSSR count). The molecular weight excluding hydrogens is 593 g/mol. The van der Waals surface area contributed by atoms with E-state index in [1.54, 1.807) is 0 Å². The molecule has 0 aliphatic heterocycles. The highest BCUT2D eigenvalue weighted by molar-refractivity contribution is 8.76. The van der Waals surface area contributed by atoms with Gasteiger partial charge in [0, 0.05) is 9.79 Å². The Morgan fingerprint density at radius 3 is 0.696 bits per heavy atom. The van der Waals surface area contributed by atoms with E-state index in [-0.39, 0.29) is 0 Å². The standard InChI is InChI=1S/C44H42S2/c1-27-15-9-19-35(31(27)5)39-23-13-24-40(36-20-10-16-28(2)32(36)6)43(39)45-46-44-41(37-21-11-17-29(3)33(37)7)25-14-26-42(44)38-22-12-18-30(4)34(38)8/h9-26H,1-8H3. The van der Waals surface area contributed by atoms with Crippen molar-refractivity contribution < 1.29 is 0 Å². The van der Waals surface area contributed by atoms with Gasteiger partial charge in [-0.25, -0.2) is 0 Å². The van der Waals surface area contributed by atoms with Crippen molar-refractivity contribution >= 4 is 21.6 Å². The predicted octanol–water partition coefficient (Wildman–Crippen LogP) is 13.6. The van der Waals surface area contributed by atoms with Crippen LogP contribution in [-0.4, -0.2) is 0 Å². The molecule has 0 bridgehead atoms. The van der Waals surface area contributed by atoms with E-state index < -0.39 is 0 Å². The van der Waals surface area contributed by atoms with Crippen molar-refractivity contribution in [2.45, 2.75) is 65.2 Å². The molecular formula is C44H42S2. The maximum Gasteiger partial charge on any atom is 0.0343 e. The van der Waals surface area contributed by atoms with E-state index in [9.17, 15) is 0 Å². The second kappa shape index (κ2) is 13.4. The number of hydrogen-bond donors (Lipinski definition) is 0.